The lowest BCUT2D eigenvalue weighted by Gasteiger charge is -2.04. The molecule has 4 N–H and O–H groups in total. The quantitative estimate of drug-likeness (QED) is 0.629. The second-order valence-electron chi connectivity index (χ2n) is 2.94. The number of aromatic nitrogens is 2. The zero-order valence-electron chi connectivity index (χ0n) is 7.51. The van der Waals surface area contributed by atoms with Crippen molar-refractivity contribution in [2.45, 2.75) is 0 Å². The van der Waals surface area contributed by atoms with Crippen LogP contribution >= 0.6 is 0 Å². The normalized spacial score (nSPS) is 10.4. The zero-order chi connectivity index (χ0) is 11.0. The summed E-state index contributed by atoms with van der Waals surface area (Å²) in [5.74, 6) is -1.33. The van der Waals surface area contributed by atoms with Gasteiger partial charge >= 0.3 is 5.97 Å². The summed E-state index contributed by atoms with van der Waals surface area (Å²) >= 11 is 0. The molecule has 0 aliphatic rings. The number of phenolic OH excluding ortho intramolecular Hbond substituents is 1. The first-order valence-corrected chi connectivity index (χ1v) is 4.08. The molecule has 0 unspecified atom stereocenters. The smallest absolute Gasteiger partial charge is 0.358 e. The fourth-order valence-corrected chi connectivity index (χ4v) is 1.29. The van der Waals surface area contributed by atoms with Crippen molar-refractivity contribution >= 4 is 22.6 Å². The highest BCUT2D eigenvalue weighted by atomic mass is 16.4. The van der Waals surface area contributed by atoms with Gasteiger partial charge in [-0.25, -0.2) is 4.79 Å². The van der Waals surface area contributed by atoms with Crippen molar-refractivity contribution in [2.75, 3.05) is 5.73 Å². The number of carboxylic acids is 1. The van der Waals surface area contributed by atoms with Gasteiger partial charge < -0.3 is 15.9 Å². The molecule has 15 heavy (non-hydrogen) atoms. The van der Waals surface area contributed by atoms with E-state index in [0.29, 0.717) is 5.39 Å². The van der Waals surface area contributed by atoms with Crippen LogP contribution in [-0.4, -0.2) is 26.4 Å². The molecule has 6 nitrogen and oxygen atoms in total. The number of benzene rings is 1. The number of nitrogens with two attached hydrogens (primary N) is 1. The first-order valence-electron chi connectivity index (χ1n) is 4.08. The Balaban J connectivity index is 2.86. The van der Waals surface area contributed by atoms with Crippen LogP contribution in [0.1, 0.15) is 10.5 Å². The third kappa shape index (κ3) is 1.32. The van der Waals surface area contributed by atoms with Crippen LogP contribution in [0.5, 0.6) is 5.75 Å². The first kappa shape index (κ1) is 9.20. The molecule has 76 valence electrons. The largest absolute Gasteiger partial charge is 0.506 e. The van der Waals surface area contributed by atoms with E-state index < -0.39 is 5.97 Å². The average molecular weight is 205 g/mol. The van der Waals surface area contributed by atoms with Gasteiger partial charge in [-0.1, -0.05) is 12.1 Å². The van der Waals surface area contributed by atoms with Crippen LogP contribution in [0, 0.1) is 0 Å². The second kappa shape index (κ2) is 3.09. The van der Waals surface area contributed by atoms with Crippen LogP contribution in [0.25, 0.3) is 10.9 Å². The second-order valence-corrected chi connectivity index (χ2v) is 2.94. The number of phenols is 1. The van der Waals surface area contributed by atoms with Gasteiger partial charge in [0, 0.05) is 5.39 Å². The Kier molecular flexibility index (Phi) is 1.89. The number of fused-ring (bicyclic) bond motifs is 1. The number of aromatic hydroxyl groups is 1. The topological polar surface area (TPSA) is 109 Å². The van der Waals surface area contributed by atoms with Crippen LogP contribution in [0.2, 0.25) is 0 Å². The molecule has 1 heterocycles. The monoisotopic (exact) mass is 205 g/mol. The number of hydrogen-bond donors (Lipinski definition) is 3. The predicted octanol–water partition coefficient (Wildman–Crippen LogP) is 0.616. The standard InChI is InChI=1S/C9H7N3O3/c10-6-4-2-1-3-5(13)7(4)11-12-8(6)9(14)15/h1-3,13H,(H2,10,11)(H,14,15). The highest BCUT2D eigenvalue weighted by molar-refractivity contribution is 6.02. The molecule has 0 radical (unpaired) electrons. The predicted molar refractivity (Wildman–Crippen MR) is 52.6 cm³/mol. The molecule has 0 amide bonds. The summed E-state index contributed by atoms with van der Waals surface area (Å²) in [6.07, 6.45) is 0. The molecule has 1 aromatic heterocycles. The van der Waals surface area contributed by atoms with Gasteiger partial charge in [0.1, 0.15) is 11.3 Å². The lowest BCUT2D eigenvalue weighted by atomic mass is 10.1. The van der Waals surface area contributed by atoms with E-state index in [4.69, 9.17) is 10.8 Å². The molecule has 0 aliphatic carbocycles. The average Bonchev–Trinajstić information content (AvgIpc) is 2.19. The van der Waals surface area contributed by atoms with Crippen molar-refractivity contribution in [2.24, 2.45) is 0 Å². The molecule has 0 bridgehead atoms. The molecule has 0 aliphatic heterocycles. The number of aromatic carboxylic acids is 1. The van der Waals surface area contributed by atoms with E-state index in [9.17, 15) is 9.90 Å². The molecule has 0 fully saturated rings. The Hall–Kier alpha value is -2.37. The summed E-state index contributed by atoms with van der Waals surface area (Å²) in [6.45, 7) is 0. The van der Waals surface area contributed by atoms with Gasteiger partial charge in [0.15, 0.2) is 5.69 Å². The minimum Gasteiger partial charge on any atom is -0.506 e. The van der Waals surface area contributed by atoms with E-state index in [0.717, 1.165) is 0 Å². The molecule has 0 atom stereocenters. The van der Waals surface area contributed by atoms with Crippen LogP contribution in [0.4, 0.5) is 5.69 Å². The third-order valence-electron chi connectivity index (χ3n) is 2.01. The van der Waals surface area contributed by atoms with Crippen molar-refractivity contribution in [3.8, 4) is 5.75 Å². The Labute approximate surface area is 84.0 Å². The SMILES string of the molecule is Nc1c(C(=O)O)nnc2c(O)cccc12. The van der Waals surface area contributed by atoms with Crippen LogP contribution in [-0.2, 0) is 0 Å². The van der Waals surface area contributed by atoms with E-state index in [1.165, 1.54) is 6.07 Å². The number of carbonyl (C=O) groups is 1. The molecule has 0 saturated carbocycles. The number of anilines is 1. The summed E-state index contributed by atoms with van der Waals surface area (Å²) in [7, 11) is 0. The molecule has 0 spiro atoms. The van der Waals surface area contributed by atoms with Gasteiger partial charge in [-0.15, -0.1) is 10.2 Å². The molecular weight excluding hydrogens is 198 g/mol. The fraction of sp³-hybridized carbons (Fsp3) is 0. The lowest BCUT2D eigenvalue weighted by molar-refractivity contribution is 0.0690. The van der Waals surface area contributed by atoms with Gasteiger partial charge in [0.25, 0.3) is 0 Å². The molecular formula is C9H7N3O3. The van der Waals surface area contributed by atoms with E-state index >= 15 is 0 Å². The molecule has 1 aromatic carbocycles. The van der Waals surface area contributed by atoms with Gasteiger partial charge in [-0.3, -0.25) is 0 Å². The molecule has 6 heteroatoms. The number of nitrogen functional groups attached to an aromatic ring is 1. The highest BCUT2D eigenvalue weighted by Crippen LogP contribution is 2.27. The highest BCUT2D eigenvalue weighted by Gasteiger charge is 2.15. The van der Waals surface area contributed by atoms with E-state index in [1.54, 1.807) is 12.1 Å². The Morgan fingerprint density at radius 2 is 2.07 bits per heavy atom. The first-order chi connectivity index (χ1) is 7.11. The van der Waals surface area contributed by atoms with Gasteiger partial charge in [0.05, 0.1) is 5.69 Å². The maximum absolute atomic E-state index is 10.7. The summed E-state index contributed by atoms with van der Waals surface area (Å²) < 4.78 is 0. The molecule has 0 saturated heterocycles. The van der Waals surface area contributed by atoms with Gasteiger partial charge in [-0.2, -0.15) is 0 Å². The third-order valence-corrected chi connectivity index (χ3v) is 2.01. The summed E-state index contributed by atoms with van der Waals surface area (Å²) in [6, 6.07) is 4.56. The summed E-state index contributed by atoms with van der Waals surface area (Å²) in [4.78, 5) is 10.7. The van der Waals surface area contributed by atoms with E-state index in [-0.39, 0.29) is 22.6 Å². The number of hydrogen-bond acceptors (Lipinski definition) is 5. The van der Waals surface area contributed by atoms with E-state index in [1.807, 2.05) is 0 Å². The Morgan fingerprint density at radius 1 is 1.33 bits per heavy atom. The Bertz CT molecular complexity index is 554. The lowest BCUT2D eigenvalue weighted by Crippen LogP contribution is -2.07. The van der Waals surface area contributed by atoms with Gasteiger partial charge in [-0.05, 0) is 6.07 Å². The molecule has 2 aromatic rings. The summed E-state index contributed by atoms with van der Waals surface area (Å²) in [5.41, 5.74) is 5.48. The van der Waals surface area contributed by atoms with Crippen molar-refractivity contribution in [1.82, 2.24) is 10.2 Å². The van der Waals surface area contributed by atoms with Crippen molar-refractivity contribution in [3.05, 3.63) is 23.9 Å². The van der Waals surface area contributed by atoms with Crippen LogP contribution < -0.4 is 5.73 Å². The van der Waals surface area contributed by atoms with Crippen LogP contribution in [0.15, 0.2) is 18.2 Å². The van der Waals surface area contributed by atoms with Crippen molar-refractivity contribution in [3.63, 3.8) is 0 Å². The van der Waals surface area contributed by atoms with Gasteiger partial charge in [0.2, 0.25) is 0 Å². The zero-order valence-corrected chi connectivity index (χ0v) is 7.51. The maximum atomic E-state index is 10.7. The van der Waals surface area contributed by atoms with Crippen molar-refractivity contribution in [1.29, 1.82) is 0 Å². The summed E-state index contributed by atoms with van der Waals surface area (Å²) in [5, 5.41) is 25.6. The number of carboxylic acid groups (broad SMARTS) is 1. The van der Waals surface area contributed by atoms with Crippen molar-refractivity contribution < 1.29 is 15.0 Å². The molecule has 2 rings (SSSR count). The fourth-order valence-electron chi connectivity index (χ4n) is 1.29. The van der Waals surface area contributed by atoms with E-state index in [2.05, 4.69) is 10.2 Å². The number of rotatable bonds is 1. The minimum absolute atomic E-state index is 0.00315. The number of nitrogens with zero attached hydrogens (tertiary/aromatic N) is 2. The maximum Gasteiger partial charge on any atom is 0.358 e. The minimum atomic E-state index is -1.25. The van der Waals surface area contributed by atoms with Crippen LogP contribution in [0.3, 0.4) is 0 Å². The Morgan fingerprint density at radius 3 is 2.73 bits per heavy atom.